The summed E-state index contributed by atoms with van der Waals surface area (Å²) in [5, 5.41) is 14.8. The van der Waals surface area contributed by atoms with Gasteiger partial charge in [-0.2, -0.15) is 0 Å². The second-order valence-corrected chi connectivity index (χ2v) is 9.88. The number of hydrogen-bond donors (Lipinski definition) is 2. The first-order valence-electron chi connectivity index (χ1n) is 10.5. The van der Waals surface area contributed by atoms with Gasteiger partial charge in [0.2, 0.25) is 0 Å². The van der Waals surface area contributed by atoms with E-state index in [4.69, 9.17) is 4.74 Å². The van der Waals surface area contributed by atoms with Crippen LogP contribution in [-0.4, -0.2) is 40.7 Å². The Morgan fingerprint density at radius 2 is 2.19 bits per heavy atom. The lowest BCUT2D eigenvalue weighted by Crippen LogP contribution is -2.37. The van der Waals surface area contributed by atoms with Crippen LogP contribution in [0.15, 0.2) is 41.5 Å². The molecule has 1 unspecified atom stereocenters. The molecule has 1 aromatic carbocycles. The molecule has 0 radical (unpaired) electrons. The van der Waals surface area contributed by atoms with Crippen molar-refractivity contribution in [3.63, 3.8) is 0 Å². The molecule has 1 fully saturated rings. The molecule has 31 heavy (non-hydrogen) atoms. The van der Waals surface area contributed by atoms with Gasteiger partial charge in [-0.3, -0.25) is 9.69 Å². The largest absolute Gasteiger partial charge is 0.482 e. The molecule has 4 heterocycles. The molecule has 0 spiro atoms. The number of piperidine rings is 1. The monoisotopic (exact) mass is 440 g/mol. The maximum atomic E-state index is 13.6. The van der Waals surface area contributed by atoms with Crippen molar-refractivity contribution in [1.82, 2.24) is 4.90 Å². The van der Waals surface area contributed by atoms with Gasteiger partial charge in [-0.25, -0.2) is 4.39 Å². The van der Waals surface area contributed by atoms with E-state index in [0.29, 0.717) is 22.6 Å². The molecule has 1 atom stereocenters. The minimum atomic E-state index is -0.592. The number of benzene rings is 1. The first-order valence-corrected chi connectivity index (χ1v) is 11.4. The molecule has 5 nitrogen and oxygen atoms in total. The van der Waals surface area contributed by atoms with E-state index in [-0.39, 0.29) is 17.8 Å². The van der Waals surface area contributed by atoms with Crippen molar-refractivity contribution in [2.75, 3.05) is 18.4 Å². The number of likely N-dealkylation sites (tertiary alicyclic amines) is 1. The highest BCUT2D eigenvalue weighted by atomic mass is 32.1. The van der Waals surface area contributed by atoms with Crippen molar-refractivity contribution >= 4 is 34.1 Å². The number of aliphatic hydroxyl groups is 1. The van der Waals surface area contributed by atoms with Gasteiger partial charge in [-0.1, -0.05) is 0 Å². The van der Waals surface area contributed by atoms with E-state index in [0.717, 1.165) is 43.6 Å². The van der Waals surface area contributed by atoms with E-state index >= 15 is 0 Å². The molecule has 1 saturated heterocycles. The van der Waals surface area contributed by atoms with E-state index in [2.05, 4.69) is 21.7 Å². The zero-order valence-corrected chi connectivity index (χ0v) is 18.4. The van der Waals surface area contributed by atoms with E-state index in [1.165, 1.54) is 17.0 Å². The van der Waals surface area contributed by atoms with Gasteiger partial charge in [0, 0.05) is 29.1 Å². The van der Waals surface area contributed by atoms with Gasteiger partial charge in [-0.15, -0.1) is 11.3 Å². The van der Waals surface area contributed by atoms with Crippen LogP contribution < -0.4 is 5.32 Å². The Balaban J connectivity index is 1.45. The summed E-state index contributed by atoms with van der Waals surface area (Å²) in [7, 11) is 0. The minimum absolute atomic E-state index is 0.235. The molecule has 3 aliphatic rings. The van der Waals surface area contributed by atoms with Crippen molar-refractivity contribution in [1.29, 1.82) is 0 Å². The number of anilines is 1. The average Bonchev–Trinajstić information content (AvgIpc) is 3.36. The first-order chi connectivity index (χ1) is 14.8. The summed E-state index contributed by atoms with van der Waals surface area (Å²) in [5.74, 6) is -0.158. The Kier molecular flexibility index (Phi) is 5.00. The molecule has 0 saturated carbocycles. The number of nitrogens with one attached hydrogen (secondary N) is 1. The Bertz CT molecular complexity index is 1120. The molecular formula is C24H25FN2O3S. The van der Waals surface area contributed by atoms with Gasteiger partial charge in [0.1, 0.15) is 17.2 Å². The van der Waals surface area contributed by atoms with Crippen molar-refractivity contribution in [2.24, 2.45) is 0 Å². The van der Waals surface area contributed by atoms with Crippen LogP contribution in [0.2, 0.25) is 0 Å². The quantitative estimate of drug-likeness (QED) is 0.695. The van der Waals surface area contributed by atoms with Crippen LogP contribution in [0.4, 0.5) is 10.1 Å². The number of fused-ring (bicyclic) bond motifs is 1. The fourth-order valence-corrected chi connectivity index (χ4v) is 5.53. The summed E-state index contributed by atoms with van der Waals surface area (Å²) in [6, 6.07) is 6.47. The van der Waals surface area contributed by atoms with Crippen LogP contribution in [-0.2, 0) is 16.1 Å². The minimum Gasteiger partial charge on any atom is -0.482 e. The van der Waals surface area contributed by atoms with Gasteiger partial charge >= 0.3 is 0 Å². The van der Waals surface area contributed by atoms with Crippen LogP contribution >= 0.6 is 11.3 Å². The molecule has 0 aliphatic carbocycles. The van der Waals surface area contributed by atoms with Gasteiger partial charge in [0.05, 0.1) is 17.4 Å². The van der Waals surface area contributed by atoms with E-state index in [1.807, 2.05) is 19.9 Å². The zero-order valence-electron chi connectivity index (χ0n) is 17.6. The van der Waals surface area contributed by atoms with Crippen molar-refractivity contribution in [2.45, 2.75) is 44.9 Å². The summed E-state index contributed by atoms with van der Waals surface area (Å²) in [4.78, 5) is 16.1. The van der Waals surface area contributed by atoms with Crippen molar-refractivity contribution in [3.8, 4) is 0 Å². The van der Waals surface area contributed by atoms with Gasteiger partial charge < -0.3 is 15.2 Å². The number of thiophene rings is 1. The number of carbonyl (C=O) groups excluding carboxylic acids is 1. The van der Waals surface area contributed by atoms with Gasteiger partial charge in [-0.05, 0) is 74.5 Å². The number of halogens is 1. The van der Waals surface area contributed by atoms with Crippen LogP contribution in [0, 0.1) is 5.82 Å². The second kappa shape index (κ2) is 7.58. The predicted molar refractivity (Wildman–Crippen MR) is 120 cm³/mol. The van der Waals surface area contributed by atoms with E-state index in [9.17, 15) is 14.3 Å². The van der Waals surface area contributed by atoms with Crippen molar-refractivity contribution < 1.29 is 19.0 Å². The molecule has 7 heteroatoms. The fourth-order valence-electron chi connectivity index (χ4n) is 4.61. The lowest BCUT2D eigenvalue weighted by molar-refractivity contribution is -0.111. The Morgan fingerprint density at radius 3 is 3.00 bits per heavy atom. The molecule has 3 aliphatic heterocycles. The lowest BCUT2D eigenvalue weighted by atomic mass is 9.94. The fraction of sp³-hybridized carbons (Fsp3) is 0.375. The zero-order chi connectivity index (χ0) is 21.8. The summed E-state index contributed by atoms with van der Waals surface area (Å²) in [6.07, 6.45) is 3.60. The average molecular weight is 441 g/mol. The molecule has 2 aromatic rings. The third-order valence-electron chi connectivity index (χ3n) is 6.09. The SMILES string of the molecule is CC1(C)OC(=C2C(=O)Nc3cc(F)ccc32)C=C1c1csc(CN2CCCC(O)C2)c1. The topological polar surface area (TPSA) is 61.8 Å². The maximum Gasteiger partial charge on any atom is 0.260 e. The Hall–Kier alpha value is -2.48. The lowest BCUT2D eigenvalue weighted by Gasteiger charge is -2.29. The van der Waals surface area contributed by atoms with E-state index < -0.39 is 5.60 Å². The number of amides is 1. The molecule has 1 amide bonds. The standard InChI is InChI=1S/C24H25FN2O3S/c1-24(2)19(14-8-17(31-13-14)12-27-7-3-4-16(28)11-27)10-21(30-24)22-18-6-5-15(25)9-20(18)26-23(22)29/h5-6,8-10,13,16,28H,3-4,7,11-12H2,1-2H3,(H,26,29). The molecule has 5 rings (SSSR count). The van der Waals surface area contributed by atoms with E-state index in [1.54, 1.807) is 17.4 Å². The molecule has 0 bridgehead atoms. The molecule has 1 aromatic heterocycles. The molecular weight excluding hydrogens is 415 g/mol. The number of aliphatic hydroxyl groups excluding tert-OH is 1. The highest BCUT2D eigenvalue weighted by Crippen LogP contribution is 2.45. The predicted octanol–water partition coefficient (Wildman–Crippen LogP) is 4.40. The Labute approximate surface area is 184 Å². The third-order valence-corrected chi connectivity index (χ3v) is 7.01. The number of carbonyl (C=O) groups is 1. The number of rotatable bonds is 3. The van der Waals surface area contributed by atoms with Crippen LogP contribution in [0.25, 0.3) is 11.1 Å². The van der Waals surface area contributed by atoms with Crippen molar-refractivity contribution in [3.05, 3.63) is 63.3 Å². The molecule has 162 valence electrons. The Morgan fingerprint density at radius 1 is 1.35 bits per heavy atom. The number of hydrogen-bond acceptors (Lipinski definition) is 5. The number of ether oxygens (including phenoxy) is 1. The van der Waals surface area contributed by atoms with Gasteiger partial charge in [0.15, 0.2) is 0 Å². The number of allylic oxidation sites excluding steroid dienone is 1. The molecule has 2 N–H and O–H groups in total. The summed E-state index contributed by atoms with van der Waals surface area (Å²) >= 11 is 1.70. The normalized spacial score (nSPS) is 25.2. The first kappa shape index (κ1) is 20.4. The maximum absolute atomic E-state index is 13.6. The third kappa shape index (κ3) is 3.82. The summed E-state index contributed by atoms with van der Waals surface area (Å²) < 4.78 is 19.8. The summed E-state index contributed by atoms with van der Waals surface area (Å²) in [5.41, 5.74) is 3.07. The number of nitrogens with zero attached hydrogens (tertiary/aromatic N) is 1. The van der Waals surface area contributed by atoms with Crippen LogP contribution in [0.1, 0.15) is 42.7 Å². The summed E-state index contributed by atoms with van der Waals surface area (Å²) in [6.45, 7) is 6.53. The van der Waals surface area contributed by atoms with Gasteiger partial charge in [0.25, 0.3) is 5.91 Å². The second-order valence-electron chi connectivity index (χ2n) is 8.89. The highest BCUT2D eigenvalue weighted by Gasteiger charge is 2.38. The highest BCUT2D eigenvalue weighted by molar-refractivity contribution is 7.10. The van der Waals surface area contributed by atoms with Crippen LogP contribution in [0.5, 0.6) is 0 Å². The smallest absolute Gasteiger partial charge is 0.260 e. The number of β-amino-alcohol motifs (C(OH)–C–C–N with tert-alkyl or cyclic N) is 1. The van der Waals surface area contributed by atoms with Crippen LogP contribution in [0.3, 0.4) is 0 Å².